The molecule has 2 N–H and O–H groups in total. The molecular weight excluding hydrogens is 308 g/mol. The number of H-pyrrole nitrogens is 1. The average molecular weight is 332 g/mol. The largest absolute Gasteiger partial charge is 0.313 e. The lowest BCUT2D eigenvalue weighted by atomic mass is 10.2. The van der Waals surface area contributed by atoms with Crippen molar-refractivity contribution >= 4 is 21.8 Å². The van der Waals surface area contributed by atoms with Crippen LogP contribution in [-0.2, 0) is 16.6 Å². The van der Waals surface area contributed by atoms with Crippen molar-refractivity contribution in [2.75, 3.05) is 31.1 Å². The van der Waals surface area contributed by atoms with Gasteiger partial charge in [-0.1, -0.05) is 6.92 Å². The molecule has 8 heteroatoms. The first-order valence-electron chi connectivity index (χ1n) is 7.39. The van der Waals surface area contributed by atoms with Crippen molar-refractivity contribution < 1.29 is 8.42 Å². The summed E-state index contributed by atoms with van der Waals surface area (Å²) < 4.78 is 27.2. The summed E-state index contributed by atoms with van der Waals surface area (Å²) in [5, 5.41) is 10.3. The van der Waals surface area contributed by atoms with E-state index in [0.717, 1.165) is 42.1 Å². The van der Waals surface area contributed by atoms with E-state index in [1.165, 1.54) is 0 Å². The molecule has 0 saturated carbocycles. The number of nitrogens with one attached hydrogen (secondary N) is 2. The van der Waals surface area contributed by atoms with Crippen molar-refractivity contribution in [1.29, 1.82) is 0 Å². The van der Waals surface area contributed by atoms with E-state index in [1.807, 2.05) is 18.7 Å². The third kappa shape index (κ3) is 4.00. The second kappa shape index (κ2) is 7.62. The smallest absolute Gasteiger partial charge is 0.262 e. The second-order valence-electron chi connectivity index (χ2n) is 5.18. The van der Waals surface area contributed by atoms with Gasteiger partial charge in [0.2, 0.25) is 0 Å². The summed E-state index contributed by atoms with van der Waals surface area (Å²) in [6.07, 6.45) is 1.92. The highest BCUT2D eigenvalue weighted by Crippen LogP contribution is 2.23. The predicted molar refractivity (Wildman–Crippen MR) is 86.0 cm³/mol. The van der Waals surface area contributed by atoms with Crippen LogP contribution in [0, 0.1) is 6.92 Å². The summed E-state index contributed by atoms with van der Waals surface area (Å²) >= 11 is 1.81. The van der Waals surface area contributed by atoms with Crippen LogP contribution in [0.2, 0.25) is 0 Å². The quantitative estimate of drug-likeness (QED) is 0.769. The van der Waals surface area contributed by atoms with E-state index in [1.54, 1.807) is 4.31 Å². The minimum Gasteiger partial charge on any atom is -0.313 e. The number of rotatable bonds is 6. The van der Waals surface area contributed by atoms with E-state index >= 15 is 0 Å². The van der Waals surface area contributed by atoms with Crippen molar-refractivity contribution in [3.8, 4) is 0 Å². The fourth-order valence-corrected chi connectivity index (χ4v) is 4.97. The maximum Gasteiger partial charge on any atom is 0.262 e. The fraction of sp³-hybridized carbons (Fsp3) is 0.769. The zero-order chi connectivity index (χ0) is 15.3. The molecule has 0 atom stereocenters. The molecule has 0 aliphatic carbocycles. The van der Waals surface area contributed by atoms with Crippen LogP contribution >= 0.6 is 11.8 Å². The van der Waals surface area contributed by atoms with E-state index in [0.29, 0.717) is 19.6 Å². The molecule has 21 heavy (non-hydrogen) atoms. The fourth-order valence-electron chi connectivity index (χ4n) is 2.33. The molecule has 120 valence electrons. The van der Waals surface area contributed by atoms with Crippen LogP contribution in [0.5, 0.6) is 0 Å². The Morgan fingerprint density at radius 1 is 1.38 bits per heavy atom. The summed E-state index contributed by atoms with van der Waals surface area (Å²) in [5.74, 6) is 1.88. The molecule has 1 aromatic rings. The first kappa shape index (κ1) is 16.8. The van der Waals surface area contributed by atoms with Crippen molar-refractivity contribution in [1.82, 2.24) is 19.8 Å². The maximum atomic E-state index is 12.8. The highest BCUT2D eigenvalue weighted by Gasteiger charge is 2.30. The van der Waals surface area contributed by atoms with Gasteiger partial charge in [-0.3, -0.25) is 5.10 Å². The van der Waals surface area contributed by atoms with Crippen molar-refractivity contribution in [2.45, 2.75) is 38.3 Å². The molecule has 2 heterocycles. The van der Waals surface area contributed by atoms with Gasteiger partial charge in [-0.25, -0.2) is 8.42 Å². The van der Waals surface area contributed by atoms with E-state index < -0.39 is 10.0 Å². The molecule has 0 bridgehead atoms. The highest BCUT2D eigenvalue weighted by molar-refractivity contribution is 7.99. The SMILES string of the molecule is CCCNCc1c(S(=O)(=O)N2CCCSCC2)n[nH]c1C. The van der Waals surface area contributed by atoms with Crippen molar-refractivity contribution in [2.24, 2.45) is 0 Å². The van der Waals surface area contributed by atoms with Crippen LogP contribution < -0.4 is 5.32 Å². The van der Waals surface area contributed by atoms with Gasteiger partial charge in [0.1, 0.15) is 0 Å². The van der Waals surface area contributed by atoms with Crippen LogP contribution in [0.4, 0.5) is 0 Å². The zero-order valence-corrected chi connectivity index (χ0v) is 14.3. The van der Waals surface area contributed by atoms with Crippen molar-refractivity contribution in [3.05, 3.63) is 11.3 Å². The van der Waals surface area contributed by atoms with Crippen LogP contribution in [0.15, 0.2) is 5.03 Å². The molecule has 1 aliphatic heterocycles. The summed E-state index contributed by atoms with van der Waals surface area (Å²) in [4.78, 5) is 0. The Hall–Kier alpha value is -0.570. The first-order chi connectivity index (χ1) is 10.1. The lowest BCUT2D eigenvalue weighted by Crippen LogP contribution is -2.34. The number of aromatic amines is 1. The summed E-state index contributed by atoms with van der Waals surface area (Å²) in [6.45, 7) is 6.51. The molecule has 1 fully saturated rings. The average Bonchev–Trinajstić information content (AvgIpc) is 2.68. The minimum absolute atomic E-state index is 0.190. The summed E-state index contributed by atoms with van der Waals surface area (Å²) in [5.41, 5.74) is 1.58. The van der Waals surface area contributed by atoms with Crippen LogP contribution in [-0.4, -0.2) is 54.1 Å². The number of hydrogen-bond donors (Lipinski definition) is 2. The molecule has 2 rings (SSSR count). The summed E-state index contributed by atoms with van der Waals surface area (Å²) in [6, 6.07) is 0. The Kier molecular flexibility index (Phi) is 6.09. The maximum absolute atomic E-state index is 12.8. The van der Waals surface area contributed by atoms with E-state index in [9.17, 15) is 8.42 Å². The third-order valence-corrected chi connectivity index (χ3v) is 6.45. The molecule has 1 aromatic heterocycles. The first-order valence-corrected chi connectivity index (χ1v) is 9.99. The van der Waals surface area contributed by atoms with E-state index in [4.69, 9.17) is 0 Å². The van der Waals surface area contributed by atoms with Gasteiger partial charge in [0.15, 0.2) is 5.03 Å². The zero-order valence-electron chi connectivity index (χ0n) is 12.7. The third-order valence-electron chi connectivity index (χ3n) is 3.53. The van der Waals surface area contributed by atoms with Gasteiger partial charge >= 0.3 is 0 Å². The van der Waals surface area contributed by atoms with Crippen molar-refractivity contribution in [3.63, 3.8) is 0 Å². The number of nitrogens with zero attached hydrogens (tertiary/aromatic N) is 2. The van der Waals surface area contributed by atoms with Gasteiger partial charge in [-0.15, -0.1) is 0 Å². The Labute approximate surface area is 131 Å². The number of aryl methyl sites for hydroxylation is 1. The lowest BCUT2D eigenvalue weighted by molar-refractivity contribution is 0.431. The van der Waals surface area contributed by atoms with Crippen LogP contribution in [0.1, 0.15) is 31.0 Å². The molecule has 0 spiro atoms. The Balaban J connectivity index is 2.22. The molecule has 0 aromatic carbocycles. The summed E-state index contributed by atoms with van der Waals surface area (Å²) in [7, 11) is -3.49. The standard InChI is InChI=1S/C13H24N4O2S2/c1-3-5-14-10-12-11(2)15-16-13(12)21(18,19)17-6-4-8-20-9-7-17/h14H,3-10H2,1-2H3,(H,15,16). The van der Waals surface area contributed by atoms with Gasteiger partial charge < -0.3 is 5.32 Å². The van der Waals surface area contributed by atoms with Gasteiger partial charge in [-0.2, -0.15) is 21.2 Å². The Bertz CT molecular complexity index is 549. The van der Waals surface area contributed by atoms with Crippen LogP contribution in [0.25, 0.3) is 0 Å². The molecule has 0 amide bonds. The van der Waals surface area contributed by atoms with Gasteiger partial charge in [-0.05, 0) is 32.1 Å². The molecule has 1 aliphatic rings. The molecular formula is C13H24N4O2S2. The topological polar surface area (TPSA) is 78.1 Å². The normalized spacial score (nSPS) is 17.8. The number of hydrogen-bond acceptors (Lipinski definition) is 5. The minimum atomic E-state index is -3.49. The monoisotopic (exact) mass is 332 g/mol. The number of sulfonamides is 1. The Morgan fingerprint density at radius 2 is 2.19 bits per heavy atom. The van der Waals surface area contributed by atoms with E-state index in [2.05, 4.69) is 22.4 Å². The number of aromatic nitrogens is 2. The number of thioether (sulfide) groups is 1. The van der Waals surface area contributed by atoms with E-state index in [-0.39, 0.29) is 5.03 Å². The second-order valence-corrected chi connectivity index (χ2v) is 8.26. The molecule has 0 unspecified atom stereocenters. The molecule has 6 nitrogen and oxygen atoms in total. The van der Waals surface area contributed by atoms with Crippen LogP contribution in [0.3, 0.4) is 0 Å². The Morgan fingerprint density at radius 3 is 2.95 bits per heavy atom. The van der Waals surface area contributed by atoms with Gasteiger partial charge in [0, 0.05) is 36.6 Å². The molecule has 0 radical (unpaired) electrons. The van der Waals surface area contributed by atoms with Gasteiger partial charge in [0.25, 0.3) is 10.0 Å². The van der Waals surface area contributed by atoms with Gasteiger partial charge in [0.05, 0.1) is 0 Å². The lowest BCUT2D eigenvalue weighted by Gasteiger charge is -2.19. The highest BCUT2D eigenvalue weighted by atomic mass is 32.2. The molecule has 1 saturated heterocycles. The predicted octanol–water partition coefficient (Wildman–Crippen LogP) is 1.35.